The van der Waals surface area contributed by atoms with Crippen LogP contribution in [-0.2, 0) is 33.3 Å². The number of nitrogens with one attached hydrogen (secondary N) is 1. The lowest BCUT2D eigenvalue weighted by Gasteiger charge is -2.27. The van der Waals surface area contributed by atoms with Crippen LogP contribution in [0.1, 0.15) is 37.5 Å². The summed E-state index contributed by atoms with van der Waals surface area (Å²) in [6.07, 6.45) is 0. The van der Waals surface area contributed by atoms with Gasteiger partial charge in [-0.25, -0.2) is 13.1 Å². The predicted octanol–water partition coefficient (Wildman–Crippen LogP) is 3.29. The van der Waals surface area contributed by atoms with Crippen LogP contribution in [0.4, 0.5) is 0 Å². The van der Waals surface area contributed by atoms with Gasteiger partial charge in [-0.3, -0.25) is 4.90 Å². The zero-order chi connectivity index (χ0) is 20.2. The van der Waals surface area contributed by atoms with Gasteiger partial charge in [0.25, 0.3) is 0 Å². The van der Waals surface area contributed by atoms with Crippen LogP contribution in [0.3, 0.4) is 0 Å². The van der Waals surface area contributed by atoms with Gasteiger partial charge in [-0.1, -0.05) is 57.2 Å². The van der Waals surface area contributed by atoms with Gasteiger partial charge >= 0.3 is 0 Å². The molecule has 0 aromatic heterocycles. The molecule has 1 fully saturated rings. The summed E-state index contributed by atoms with van der Waals surface area (Å²) in [5, 5.41) is 0. The monoisotopic (exact) mass is 402 g/mol. The van der Waals surface area contributed by atoms with Crippen molar-refractivity contribution in [2.75, 3.05) is 26.3 Å². The highest BCUT2D eigenvalue weighted by atomic mass is 32.2. The van der Waals surface area contributed by atoms with Crippen molar-refractivity contribution in [1.82, 2.24) is 9.62 Å². The lowest BCUT2D eigenvalue weighted by molar-refractivity contribution is 0.0341. The molecule has 152 valence electrons. The summed E-state index contributed by atoms with van der Waals surface area (Å²) in [7, 11) is -3.55. The van der Waals surface area contributed by atoms with Crippen LogP contribution in [0, 0.1) is 0 Å². The van der Waals surface area contributed by atoms with Crippen LogP contribution < -0.4 is 4.72 Å². The number of hydrogen-bond donors (Lipinski definition) is 1. The summed E-state index contributed by atoms with van der Waals surface area (Å²) in [4.78, 5) is 2.63. The van der Waals surface area contributed by atoms with Crippen LogP contribution in [0.2, 0.25) is 0 Å². The summed E-state index contributed by atoms with van der Waals surface area (Å²) in [6, 6.07) is 15.1. The van der Waals surface area contributed by atoms with E-state index in [9.17, 15) is 8.42 Å². The van der Waals surface area contributed by atoms with Crippen molar-refractivity contribution in [2.24, 2.45) is 0 Å². The molecule has 0 atom stereocenters. The van der Waals surface area contributed by atoms with Gasteiger partial charge in [0.05, 0.1) is 18.1 Å². The summed E-state index contributed by atoms with van der Waals surface area (Å²) in [5.41, 5.74) is 3.26. The molecule has 2 aromatic rings. The Kier molecular flexibility index (Phi) is 6.55. The van der Waals surface area contributed by atoms with Gasteiger partial charge in [-0.15, -0.1) is 0 Å². The SMILES string of the molecule is CC(C)(C)c1ccc(S(=O)(=O)NCc2ccccc2CN2CCOCC2)cc1. The van der Waals surface area contributed by atoms with Gasteiger partial charge in [-0.05, 0) is 34.2 Å². The van der Waals surface area contributed by atoms with E-state index in [1.54, 1.807) is 12.1 Å². The molecule has 1 aliphatic rings. The maximum Gasteiger partial charge on any atom is 0.240 e. The smallest absolute Gasteiger partial charge is 0.240 e. The minimum absolute atomic E-state index is 0.00580. The van der Waals surface area contributed by atoms with Gasteiger partial charge < -0.3 is 4.74 Å². The molecule has 1 aliphatic heterocycles. The highest BCUT2D eigenvalue weighted by molar-refractivity contribution is 7.89. The van der Waals surface area contributed by atoms with E-state index in [4.69, 9.17) is 4.74 Å². The van der Waals surface area contributed by atoms with Gasteiger partial charge in [0, 0.05) is 26.2 Å². The summed E-state index contributed by atoms with van der Waals surface area (Å²) < 4.78 is 33.6. The molecule has 6 heteroatoms. The lowest BCUT2D eigenvalue weighted by atomic mass is 9.87. The molecule has 0 radical (unpaired) electrons. The third kappa shape index (κ3) is 5.41. The van der Waals surface area contributed by atoms with Crippen molar-refractivity contribution in [2.45, 2.75) is 44.2 Å². The fourth-order valence-corrected chi connectivity index (χ4v) is 4.28. The third-order valence-corrected chi connectivity index (χ3v) is 6.52. The van der Waals surface area contributed by atoms with E-state index in [-0.39, 0.29) is 12.0 Å². The quantitative estimate of drug-likeness (QED) is 0.806. The third-order valence-electron chi connectivity index (χ3n) is 5.10. The lowest BCUT2D eigenvalue weighted by Crippen LogP contribution is -2.36. The van der Waals surface area contributed by atoms with E-state index in [2.05, 4.69) is 36.5 Å². The minimum Gasteiger partial charge on any atom is -0.379 e. The molecule has 3 rings (SSSR count). The number of morpholine rings is 1. The van der Waals surface area contributed by atoms with Gasteiger partial charge in [0.15, 0.2) is 0 Å². The number of rotatable bonds is 6. The zero-order valence-corrected chi connectivity index (χ0v) is 17.8. The number of ether oxygens (including phenoxy) is 1. The van der Waals surface area contributed by atoms with Crippen molar-refractivity contribution in [3.05, 3.63) is 65.2 Å². The molecule has 0 saturated carbocycles. The maximum absolute atomic E-state index is 12.7. The van der Waals surface area contributed by atoms with E-state index in [0.29, 0.717) is 4.90 Å². The average Bonchev–Trinajstić information content (AvgIpc) is 2.68. The first kappa shape index (κ1) is 21.0. The first-order chi connectivity index (χ1) is 13.3. The fraction of sp³-hybridized carbons (Fsp3) is 0.455. The molecule has 1 saturated heterocycles. The molecule has 0 amide bonds. The first-order valence-corrected chi connectivity index (χ1v) is 11.2. The molecule has 28 heavy (non-hydrogen) atoms. The Balaban J connectivity index is 1.69. The Hall–Kier alpha value is -1.73. The molecule has 2 aromatic carbocycles. The van der Waals surface area contributed by atoms with Crippen LogP contribution in [0.25, 0.3) is 0 Å². The van der Waals surface area contributed by atoms with Gasteiger partial charge in [0.2, 0.25) is 10.0 Å². The second-order valence-corrected chi connectivity index (χ2v) is 10.0. The number of hydrogen-bond acceptors (Lipinski definition) is 4. The van der Waals surface area contributed by atoms with Gasteiger partial charge in [0.1, 0.15) is 0 Å². The second-order valence-electron chi connectivity index (χ2n) is 8.26. The molecular weight excluding hydrogens is 372 g/mol. The zero-order valence-electron chi connectivity index (χ0n) is 16.9. The second kappa shape index (κ2) is 8.74. The summed E-state index contributed by atoms with van der Waals surface area (Å²) in [5.74, 6) is 0. The van der Waals surface area contributed by atoms with Crippen molar-refractivity contribution in [3.8, 4) is 0 Å². The highest BCUT2D eigenvalue weighted by Gasteiger charge is 2.18. The number of benzene rings is 2. The summed E-state index contributed by atoms with van der Waals surface area (Å²) >= 11 is 0. The predicted molar refractivity (Wildman–Crippen MR) is 112 cm³/mol. The van der Waals surface area contributed by atoms with Crippen LogP contribution in [0.5, 0.6) is 0 Å². The average molecular weight is 403 g/mol. The molecular formula is C22H30N2O3S. The molecule has 0 spiro atoms. The van der Waals surface area contributed by atoms with Crippen molar-refractivity contribution >= 4 is 10.0 Å². The highest BCUT2D eigenvalue weighted by Crippen LogP contribution is 2.23. The molecule has 1 N–H and O–H groups in total. The molecule has 5 nitrogen and oxygen atoms in total. The normalized spacial score (nSPS) is 16.2. The topological polar surface area (TPSA) is 58.6 Å². The maximum atomic E-state index is 12.7. The van der Waals surface area contributed by atoms with Crippen LogP contribution in [-0.4, -0.2) is 39.6 Å². The Labute approximate surface area is 168 Å². The largest absolute Gasteiger partial charge is 0.379 e. The van der Waals surface area contributed by atoms with E-state index in [1.807, 2.05) is 30.3 Å². The standard InChI is InChI=1S/C22H30N2O3S/c1-22(2,3)20-8-10-21(11-9-20)28(25,26)23-16-18-6-4-5-7-19(18)17-24-12-14-27-15-13-24/h4-11,23H,12-17H2,1-3H3. The van der Waals surface area contributed by atoms with E-state index >= 15 is 0 Å². The number of nitrogens with zero attached hydrogens (tertiary/aromatic N) is 1. The Morgan fingerprint density at radius 2 is 1.57 bits per heavy atom. The Morgan fingerprint density at radius 3 is 2.18 bits per heavy atom. The van der Waals surface area contributed by atoms with Crippen molar-refractivity contribution in [1.29, 1.82) is 0 Å². The van der Waals surface area contributed by atoms with E-state index < -0.39 is 10.0 Å². The molecule has 0 unspecified atom stereocenters. The van der Waals surface area contributed by atoms with Crippen LogP contribution in [0.15, 0.2) is 53.4 Å². The van der Waals surface area contributed by atoms with Crippen molar-refractivity contribution in [3.63, 3.8) is 0 Å². The fourth-order valence-electron chi connectivity index (χ4n) is 3.27. The molecule has 0 aliphatic carbocycles. The Morgan fingerprint density at radius 1 is 0.964 bits per heavy atom. The van der Waals surface area contributed by atoms with Gasteiger partial charge in [-0.2, -0.15) is 0 Å². The Bertz CT molecular complexity index is 881. The molecule has 0 bridgehead atoms. The van der Waals surface area contributed by atoms with Crippen molar-refractivity contribution < 1.29 is 13.2 Å². The van der Waals surface area contributed by atoms with E-state index in [0.717, 1.165) is 49.5 Å². The molecule has 1 heterocycles. The minimum atomic E-state index is -3.55. The van der Waals surface area contributed by atoms with Crippen LogP contribution >= 0.6 is 0 Å². The van der Waals surface area contributed by atoms with E-state index in [1.165, 1.54) is 0 Å². The summed E-state index contributed by atoms with van der Waals surface area (Å²) in [6.45, 7) is 10.7. The number of sulfonamides is 1. The first-order valence-electron chi connectivity index (χ1n) is 9.73.